The molecule has 0 saturated carbocycles. The van der Waals surface area contributed by atoms with Crippen LogP contribution in [0.25, 0.3) is 0 Å². The predicted molar refractivity (Wildman–Crippen MR) is 82.5 cm³/mol. The van der Waals surface area contributed by atoms with Gasteiger partial charge in [0.15, 0.2) is 0 Å². The molecule has 1 aromatic carbocycles. The normalized spacial score (nSPS) is 12.2. The average molecular weight is 279 g/mol. The van der Waals surface area contributed by atoms with Gasteiger partial charge in [0.05, 0.1) is 0 Å². The van der Waals surface area contributed by atoms with E-state index >= 15 is 0 Å². The third-order valence-corrected chi connectivity index (χ3v) is 3.66. The number of carbonyl (C=O) groups excluding carboxylic acids is 1. The van der Waals surface area contributed by atoms with Crippen LogP contribution in [0.5, 0.6) is 0 Å². The molecule has 1 atom stereocenters. The van der Waals surface area contributed by atoms with Gasteiger partial charge in [-0.3, -0.25) is 4.79 Å². The Morgan fingerprint density at radius 1 is 1.30 bits per heavy atom. The molecule has 1 unspecified atom stereocenters. The van der Waals surface area contributed by atoms with Crippen LogP contribution in [0.4, 0.5) is 10.1 Å². The Morgan fingerprint density at radius 3 is 2.55 bits per heavy atom. The van der Waals surface area contributed by atoms with E-state index in [2.05, 4.69) is 13.8 Å². The van der Waals surface area contributed by atoms with Crippen molar-refractivity contribution >= 4 is 11.6 Å². The monoisotopic (exact) mass is 279 g/mol. The van der Waals surface area contributed by atoms with E-state index in [-0.39, 0.29) is 17.8 Å². The second-order valence-corrected chi connectivity index (χ2v) is 5.40. The zero-order valence-electron chi connectivity index (χ0n) is 13.1. The Bertz CT molecular complexity index is 445. The average Bonchev–Trinajstić information content (AvgIpc) is 2.43. The second-order valence-electron chi connectivity index (χ2n) is 5.40. The van der Waals surface area contributed by atoms with Gasteiger partial charge in [-0.15, -0.1) is 0 Å². The number of benzene rings is 1. The molecule has 1 rings (SSSR count). The number of hydrogen-bond donors (Lipinski definition) is 0. The largest absolute Gasteiger partial charge is 0.310 e. The highest BCUT2D eigenvalue weighted by molar-refractivity contribution is 5.93. The fourth-order valence-corrected chi connectivity index (χ4v) is 2.41. The smallest absolute Gasteiger partial charge is 0.226 e. The van der Waals surface area contributed by atoms with E-state index in [0.29, 0.717) is 12.0 Å². The van der Waals surface area contributed by atoms with Gasteiger partial charge in [0.25, 0.3) is 0 Å². The molecule has 0 N–H and O–H groups in total. The molecule has 3 heteroatoms. The van der Waals surface area contributed by atoms with Crippen molar-refractivity contribution in [3.8, 4) is 0 Å². The number of aryl methyl sites for hydroxylation is 1. The van der Waals surface area contributed by atoms with E-state index in [1.165, 1.54) is 18.9 Å². The minimum absolute atomic E-state index is 0.0972. The van der Waals surface area contributed by atoms with Gasteiger partial charge in [-0.2, -0.15) is 0 Å². The summed E-state index contributed by atoms with van der Waals surface area (Å²) in [7, 11) is 0. The Balaban J connectivity index is 2.93. The van der Waals surface area contributed by atoms with Crippen molar-refractivity contribution < 1.29 is 9.18 Å². The maximum atomic E-state index is 13.4. The summed E-state index contributed by atoms with van der Waals surface area (Å²) in [6, 6.07) is 5.06. The quantitative estimate of drug-likeness (QED) is 0.654. The first-order valence-corrected chi connectivity index (χ1v) is 7.59. The molecule has 0 heterocycles. The topological polar surface area (TPSA) is 20.3 Å². The number of hydrogen-bond acceptors (Lipinski definition) is 1. The molecule has 0 saturated heterocycles. The fraction of sp³-hybridized carbons (Fsp3) is 0.588. The molecule has 0 aliphatic rings. The predicted octanol–water partition coefficient (Wildman–Crippen LogP) is 4.85. The van der Waals surface area contributed by atoms with Crippen LogP contribution in [0.1, 0.15) is 58.4 Å². The van der Waals surface area contributed by atoms with Crippen LogP contribution in [-0.2, 0) is 4.79 Å². The van der Waals surface area contributed by atoms with Crippen LogP contribution in [0.15, 0.2) is 18.2 Å². The lowest BCUT2D eigenvalue weighted by Crippen LogP contribution is -2.38. The number of nitrogens with zero attached hydrogens (tertiary/aromatic N) is 1. The maximum absolute atomic E-state index is 13.4. The molecule has 0 fully saturated rings. The molecule has 0 spiro atoms. The molecule has 1 aromatic rings. The van der Waals surface area contributed by atoms with Gasteiger partial charge in [0, 0.05) is 18.2 Å². The Labute approximate surface area is 122 Å². The minimum Gasteiger partial charge on any atom is -0.310 e. The first-order valence-electron chi connectivity index (χ1n) is 7.59. The third kappa shape index (κ3) is 4.32. The van der Waals surface area contributed by atoms with Crippen LogP contribution in [0.3, 0.4) is 0 Å². The lowest BCUT2D eigenvalue weighted by atomic mass is 10.1. The van der Waals surface area contributed by atoms with Crippen LogP contribution < -0.4 is 4.90 Å². The maximum Gasteiger partial charge on any atom is 0.226 e. The molecular formula is C17H26FNO. The summed E-state index contributed by atoms with van der Waals surface area (Å²) in [4.78, 5) is 14.0. The van der Waals surface area contributed by atoms with Crippen LogP contribution in [0.2, 0.25) is 0 Å². The highest BCUT2D eigenvalue weighted by atomic mass is 19.1. The van der Waals surface area contributed by atoms with Gasteiger partial charge in [0.2, 0.25) is 5.91 Å². The molecule has 0 aromatic heterocycles. The summed E-state index contributed by atoms with van der Waals surface area (Å²) >= 11 is 0. The molecule has 1 amide bonds. The van der Waals surface area contributed by atoms with E-state index in [1.807, 2.05) is 11.8 Å². The molecular weight excluding hydrogens is 253 g/mol. The summed E-state index contributed by atoms with van der Waals surface area (Å²) in [5.41, 5.74) is 1.39. The summed E-state index contributed by atoms with van der Waals surface area (Å²) in [6.45, 7) is 7.84. The van der Waals surface area contributed by atoms with Crippen molar-refractivity contribution in [2.24, 2.45) is 0 Å². The number of rotatable bonds is 7. The number of carbonyl (C=O) groups is 1. The van der Waals surface area contributed by atoms with E-state index in [1.54, 1.807) is 19.1 Å². The lowest BCUT2D eigenvalue weighted by Gasteiger charge is -2.29. The van der Waals surface area contributed by atoms with Gasteiger partial charge in [-0.25, -0.2) is 4.39 Å². The first kappa shape index (κ1) is 16.7. The lowest BCUT2D eigenvalue weighted by molar-refractivity contribution is -0.118. The number of halogens is 1. The zero-order chi connectivity index (χ0) is 15.1. The second kappa shape index (κ2) is 8.03. The zero-order valence-corrected chi connectivity index (χ0v) is 13.1. The molecule has 0 aliphatic heterocycles. The Hall–Kier alpha value is -1.38. The number of amides is 1. The summed E-state index contributed by atoms with van der Waals surface area (Å²) in [5.74, 6) is -0.128. The van der Waals surface area contributed by atoms with Gasteiger partial charge < -0.3 is 4.90 Å². The Kier molecular flexibility index (Phi) is 6.69. The van der Waals surface area contributed by atoms with Gasteiger partial charge in [-0.1, -0.05) is 33.1 Å². The number of anilines is 1. The Morgan fingerprint density at radius 2 is 2.00 bits per heavy atom. The van der Waals surface area contributed by atoms with Crippen molar-refractivity contribution in [2.45, 2.75) is 65.8 Å². The fourth-order valence-electron chi connectivity index (χ4n) is 2.41. The standard InChI is InChI=1S/C17H26FNO/c1-5-7-8-9-14(4)19(17(20)6-2)15-10-11-16(18)13(3)12-15/h10-12,14H,5-9H2,1-4H3. The van der Waals surface area contributed by atoms with Crippen molar-refractivity contribution in [3.05, 3.63) is 29.6 Å². The summed E-state index contributed by atoms with van der Waals surface area (Å²) < 4.78 is 13.4. The van der Waals surface area contributed by atoms with Crippen LogP contribution in [0, 0.1) is 12.7 Å². The number of unbranched alkanes of at least 4 members (excludes halogenated alkanes) is 2. The van der Waals surface area contributed by atoms with Crippen LogP contribution in [-0.4, -0.2) is 11.9 Å². The van der Waals surface area contributed by atoms with Crippen molar-refractivity contribution in [1.82, 2.24) is 0 Å². The minimum atomic E-state index is -0.226. The highest BCUT2D eigenvalue weighted by Crippen LogP contribution is 2.23. The van der Waals surface area contributed by atoms with E-state index in [9.17, 15) is 9.18 Å². The van der Waals surface area contributed by atoms with E-state index < -0.39 is 0 Å². The molecule has 0 bridgehead atoms. The van der Waals surface area contributed by atoms with Crippen molar-refractivity contribution in [1.29, 1.82) is 0 Å². The third-order valence-electron chi connectivity index (χ3n) is 3.66. The van der Waals surface area contributed by atoms with Gasteiger partial charge in [0.1, 0.15) is 5.82 Å². The van der Waals surface area contributed by atoms with Crippen LogP contribution >= 0.6 is 0 Å². The first-order chi connectivity index (χ1) is 9.51. The molecule has 112 valence electrons. The summed E-state index contributed by atoms with van der Waals surface area (Å²) in [5, 5.41) is 0. The molecule has 0 aliphatic carbocycles. The highest BCUT2D eigenvalue weighted by Gasteiger charge is 2.20. The molecule has 20 heavy (non-hydrogen) atoms. The van der Waals surface area contributed by atoms with Gasteiger partial charge in [-0.05, 0) is 44.0 Å². The van der Waals surface area contributed by atoms with Crippen molar-refractivity contribution in [2.75, 3.05) is 4.90 Å². The molecule has 2 nitrogen and oxygen atoms in total. The van der Waals surface area contributed by atoms with Crippen molar-refractivity contribution in [3.63, 3.8) is 0 Å². The van der Waals surface area contributed by atoms with Gasteiger partial charge >= 0.3 is 0 Å². The van der Waals surface area contributed by atoms with E-state index in [0.717, 1.165) is 18.5 Å². The SMILES string of the molecule is CCCCCC(C)N(C(=O)CC)c1ccc(F)c(C)c1. The molecule has 0 radical (unpaired) electrons. The summed E-state index contributed by atoms with van der Waals surface area (Å²) in [6.07, 6.45) is 4.92. The van der Waals surface area contributed by atoms with E-state index in [4.69, 9.17) is 0 Å².